The Morgan fingerprint density at radius 1 is 1.09 bits per heavy atom. The fourth-order valence-electron chi connectivity index (χ4n) is 9.22. The van der Waals surface area contributed by atoms with Crippen LogP contribution >= 0.6 is 22.9 Å². The summed E-state index contributed by atoms with van der Waals surface area (Å²) in [6, 6.07) is 6.40. The van der Waals surface area contributed by atoms with E-state index < -0.39 is 29.1 Å². The van der Waals surface area contributed by atoms with Crippen molar-refractivity contribution in [2.75, 3.05) is 56.1 Å². The van der Waals surface area contributed by atoms with Crippen LogP contribution in [0.4, 0.5) is 32.8 Å². The first kappa shape index (κ1) is 38.6. The van der Waals surface area contributed by atoms with Gasteiger partial charge in [-0.3, -0.25) is 9.69 Å². The van der Waals surface area contributed by atoms with E-state index in [1.54, 1.807) is 6.07 Å². The van der Waals surface area contributed by atoms with Gasteiger partial charge < -0.3 is 19.9 Å². The Hall–Kier alpha value is -4.26. The quantitative estimate of drug-likeness (QED) is 0.139. The molecule has 0 saturated carbocycles. The minimum atomic E-state index is -4.59. The Labute approximate surface area is 330 Å². The van der Waals surface area contributed by atoms with Gasteiger partial charge in [0.15, 0.2) is 5.82 Å². The SMILES string of the molecule is CC(C)Nc1sc2c(F)ccc(-c3c(Cl)cc4c(N5CCCCC6(CN(C(=O)/C=C/C(F)(F)F)C6)C5)nc(OCC56CCCN5CCC6)nc4c3F)c2c1C#N. The van der Waals surface area contributed by atoms with E-state index in [1.807, 2.05) is 18.7 Å². The minimum Gasteiger partial charge on any atom is -0.461 e. The summed E-state index contributed by atoms with van der Waals surface area (Å²) in [5, 5.41) is 14.5. The van der Waals surface area contributed by atoms with Crippen LogP contribution in [0.5, 0.6) is 6.01 Å². The van der Waals surface area contributed by atoms with Crippen molar-refractivity contribution >= 4 is 60.7 Å². The number of nitriles is 1. The number of alkyl halides is 3. The van der Waals surface area contributed by atoms with Gasteiger partial charge in [-0.25, -0.2) is 8.78 Å². The van der Waals surface area contributed by atoms with E-state index in [0.717, 1.165) is 69.4 Å². The Balaban J connectivity index is 1.22. The molecule has 4 aromatic rings. The standard InChI is InChI=1S/C40H41ClF5N7O2S/c1-23(2)48-36-26(18-47)30-24(7-8-28(42)34(30)56-36)31-27(41)17-25-33(32(31)43)49-37(55-22-39-11-5-15-53(39)16-6-12-39)50-35(25)51-14-4-3-10-38(19-51)20-52(21-38)29(54)9-13-40(44,45)46/h7-9,13,17,23,48H,3-6,10-12,14-16,19-22H2,1-2H3/b13-9+. The fraction of sp³-hybridized carbons (Fsp3) is 0.500. The van der Waals surface area contributed by atoms with Crippen LogP contribution in [-0.2, 0) is 4.79 Å². The Kier molecular flexibility index (Phi) is 10.1. The first-order valence-corrected chi connectivity index (χ1v) is 20.2. The molecule has 9 nitrogen and oxygen atoms in total. The van der Waals surface area contributed by atoms with Gasteiger partial charge in [0.05, 0.1) is 20.8 Å². The second kappa shape index (κ2) is 14.6. The maximum absolute atomic E-state index is 17.4. The molecular weight excluding hydrogens is 773 g/mol. The van der Waals surface area contributed by atoms with Gasteiger partial charge in [0.2, 0.25) is 5.91 Å². The number of anilines is 2. The number of hydrogen-bond acceptors (Lipinski definition) is 9. The summed E-state index contributed by atoms with van der Waals surface area (Å²) in [5.41, 5.74) is -0.217. The first-order chi connectivity index (χ1) is 26.7. The average Bonchev–Trinajstić information content (AvgIpc) is 3.77. The van der Waals surface area contributed by atoms with Crippen LogP contribution in [0.2, 0.25) is 5.02 Å². The number of likely N-dealkylation sites (tertiary alicyclic amines) is 1. The number of amides is 1. The molecule has 4 saturated heterocycles. The molecule has 0 unspecified atom stereocenters. The topological polar surface area (TPSA) is 97.6 Å². The third kappa shape index (κ3) is 7.02. The molecule has 6 heterocycles. The zero-order valence-electron chi connectivity index (χ0n) is 31.0. The van der Waals surface area contributed by atoms with Crippen molar-refractivity contribution in [3.8, 4) is 23.2 Å². The summed E-state index contributed by atoms with van der Waals surface area (Å²) in [7, 11) is 0. The van der Waals surface area contributed by atoms with Crippen LogP contribution in [0.15, 0.2) is 30.4 Å². The second-order valence-corrected chi connectivity index (χ2v) is 17.4. The van der Waals surface area contributed by atoms with Crippen molar-refractivity contribution in [1.82, 2.24) is 19.8 Å². The van der Waals surface area contributed by atoms with Gasteiger partial charge in [0, 0.05) is 66.1 Å². The number of thiophene rings is 1. The lowest BCUT2D eigenvalue weighted by atomic mass is 9.75. The third-order valence-corrected chi connectivity index (χ3v) is 13.1. The molecular formula is C40H41ClF5N7O2S. The largest absolute Gasteiger partial charge is 0.461 e. The van der Waals surface area contributed by atoms with Crippen molar-refractivity contribution in [3.05, 3.63) is 52.6 Å². The molecule has 4 aliphatic rings. The smallest absolute Gasteiger partial charge is 0.409 e. The van der Waals surface area contributed by atoms with Gasteiger partial charge in [-0.2, -0.15) is 28.4 Å². The van der Waals surface area contributed by atoms with Gasteiger partial charge in [0.1, 0.15) is 34.8 Å². The van der Waals surface area contributed by atoms with Crippen molar-refractivity contribution in [1.29, 1.82) is 5.26 Å². The van der Waals surface area contributed by atoms with E-state index in [1.165, 1.54) is 17.0 Å². The van der Waals surface area contributed by atoms with E-state index in [0.29, 0.717) is 42.0 Å². The van der Waals surface area contributed by atoms with E-state index in [9.17, 15) is 23.2 Å². The number of allylic oxidation sites excluding steroid dienone is 1. The van der Waals surface area contributed by atoms with E-state index in [2.05, 4.69) is 21.3 Å². The van der Waals surface area contributed by atoms with Gasteiger partial charge in [-0.1, -0.05) is 24.1 Å². The number of aromatic nitrogens is 2. The minimum absolute atomic E-state index is 0.00489. The molecule has 1 N–H and O–H groups in total. The maximum Gasteiger partial charge on any atom is 0.409 e. The highest BCUT2D eigenvalue weighted by Gasteiger charge is 2.47. The lowest BCUT2D eigenvalue weighted by Gasteiger charge is -2.51. The molecule has 0 bridgehead atoms. The number of rotatable bonds is 8. The monoisotopic (exact) mass is 813 g/mol. The Morgan fingerprint density at radius 2 is 1.84 bits per heavy atom. The van der Waals surface area contributed by atoms with Crippen LogP contribution < -0.4 is 15.0 Å². The molecule has 2 aromatic carbocycles. The molecule has 2 aromatic heterocycles. The first-order valence-electron chi connectivity index (χ1n) is 19.0. The highest BCUT2D eigenvalue weighted by molar-refractivity contribution is 7.23. The van der Waals surface area contributed by atoms with Gasteiger partial charge in [-0.15, -0.1) is 11.3 Å². The number of nitrogens with zero attached hydrogens (tertiary/aromatic N) is 6. The third-order valence-electron chi connectivity index (χ3n) is 11.7. The van der Waals surface area contributed by atoms with E-state index in [-0.39, 0.29) is 74.1 Å². The molecule has 4 aliphatic heterocycles. The number of carbonyl (C=O) groups excluding carboxylic acids is 1. The summed E-state index contributed by atoms with van der Waals surface area (Å²) in [4.78, 5) is 28.1. The number of carbonyl (C=O) groups is 1. The summed E-state index contributed by atoms with van der Waals surface area (Å²) in [5.74, 6) is -1.62. The van der Waals surface area contributed by atoms with Gasteiger partial charge >= 0.3 is 12.2 Å². The molecule has 296 valence electrons. The van der Waals surface area contributed by atoms with Crippen molar-refractivity contribution in [2.24, 2.45) is 5.41 Å². The number of nitrogens with one attached hydrogen (secondary N) is 1. The summed E-state index contributed by atoms with van der Waals surface area (Å²) >= 11 is 8.08. The Bertz CT molecular complexity index is 2270. The molecule has 8 rings (SSSR count). The average molecular weight is 814 g/mol. The molecule has 1 spiro atoms. The molecule has 0 aliphatic carbocycles. The van der Waals surface area contributed by atoms with Crippen molar-refractivity contribution in [3.63, 3.8) is 0 Å². The summed E-state index contributed by atoms with van der Waals surface area (Å²) in [6.07, 6.45) is 2.30. The lowest BCUT2D eigenvalue weighted by molar-refractivity contribution is -0.138. The fourth-order valence-corrected chi connectivity index (χ4v) is 10.7. The molecule has 0 radical (unpaired) electrons. The van der Waals surface area contributed by atoms with Crippen LogP contribution in [0.25, 0.3) is 32.1 Å². The molecule has 4 fully saturated rings. The van der Waals surface area contributed by atoms with Crippen LogP contribution in [0, 0.1) is 28.4 Å². The summed E-state index contributed by atoms with van der Waals surface area (Å²) in [6.45, 7) is 7.59. The number of ether oxygens (including phenoxy) is 1. The van der Waals surface area contributed by atoms with Crippen LogP contribution in [0.1, 0.15) is 64.4 Å². The van der Waals surface area contributed by atoms with Gasteiger partial charge in [-0.05, 0) is 83.2 Å². The van der Waals surface area contributed by atoms with Crippen molar-refractivity contribution < 1.29 is 31.5 Å². The predicted octanol–water partition coefficient (Wildman–Crippen LogP) is 9.08. The van der Waals surface area contributed by atoms with Crippen LogP contribution in [0.3, 0.4) is 0 Å². The van der Waals surface area contributed by atoms with Gasteiger partial charge in [0.25, 0.3) is 0 Å². The molecule has 16 heteroatoms. The summed E-state index contributed by atoms with van der Waals surface area (Å²) < 4.78 is 77.7. The number of benzene rings is 2. The van der Waals surface area contributed by atoms with E-state index in [4.69, 9.17) is 21.3 Å². The predicted molar refractivity (Wildman–Crippen MR) is 207 cm³/mol. The van der Waals surface area contributed by atoms with Crippen molar-refractivity contribution in [2.45, 2.75) is 76.6 Å². The normalized spacial score (nSPS) is 19.6. The molecule has 1 amide bonds. The maximum atomic E-state index is 17.4. The Morgan fingerprint density at radius 3 is 2.54 bits per heavy atom. The zero-order valence-corrected chi connectivity index (χ0v) is 32.6. The zero-order chi connectivity index (χ0) is 39.6. The molecule has 0 atom stereocenters. The number of hydrogen-bond donors (Lipinski definition) is 1. The van der Waals surface area contributed by atoms with Crippen LogP contribution in [-0.4, -0.2) is 89.3 Å². The second-order valence-electron chi connectivity index (χ2n) is 15.9. The highest BCUT2D eigenvalue weighted by atomic mass is 35.5. The number of fused-ring (bicyclic) bond motifs is 3. The lowest BCUT2D eigenvalue weighted by Crippen LogP contribution is -2.61. The number of halogens is 6. The van der Waals surface area contributed by atoms with E-state index >= 15 is 8.78 Å². The highest BCUT2D eigenvalue weighted by Crippen LogP contribution is 2.48. The molecule has 56 heavy (non-hydrogen) atoms.